The Morgan fingerprint density at radius 3 is 2.47 bits per heavy atom. The molecule has 4 rings (SSSR count). The van der Waals surface area contributed by atoms with E-state index in [1.165, 1.54) is 17.7 Å². The smallest absolute Gasteiger partial charge is 0.319 e. The second kappa shape index (κ2) is 8.47. The van der Waals surface area contributed by atoms with Crippen LogP contribution >= 0.6 is 0 Å². The van der Waals surface area contributed by atoms with Gasteiger partial charge in [0.2, 0.25) is 10.0 Å². The van der Waals surface area contributed by atoms with Crippen molar-refractivity contribution in [1.82, 2.24) is 5.32 Å². The number of rotatable bonds is 7. The molecule has 0 aliphatic heterocycles. The maximum Gasteiger partial charge on any atom is 0.416 e. The summed E-state index contributed by atoms with van der Waals surface area (Å²) in [6.07, 6.45) is -0.646. The van der Waals surface area contributed by atoms with E-state index in [2.05, 4.69) is 17.4 Å². The van der Waals surface area contributed by atoms with Gasteiger partial charge in [-0.3, -0.25) is 0 Å². The van der Waals surface area contributed by atoms with Crippen molar-refractivity contribution in [2.45, 2.75) is 55.4 Å². The molecule has 0 amide bonds. The number of sulfonamides is 1. The van der Waals surface area contributed by atoms with Crippen LogP contribution in [0.5, 0.6) is 0 Å². The zero-order valence-corrected chi connectivity index (χ0v) is 18.9. The average Bonchev–Trinajstić information content (AvgIpc) is 3.00. The molecule has 0 bridgehead atoms. The number of fused-ring (bicyclic) bond motifs is 1. The minimum absolute atomic E-state index is 0.0627. The zero-order chi connectivity index (χ0) is 23.1. The van der Waals surface area contributed by atoms with Gasteiger partial charge in [-0.15, -0.1) is 0 Å². The van der Waals surface area contributed by atoms with E-state index in [0.29, 0.717) is 31.2 Å². The molecule has 4 nitrogen and oxygen atoms in total. The first kappa shape index (κ1) is 23.3. The Hall–Kier alpha value is -1.90. The lowest BCUT2D eigenvalue weighted by atomic mass is 9.79. The van der Waals surface area contributed by atoms with Crippen molar-refractivity contribution in [2.24, 2.45) is 11.1 Å². The van der Waals surface area contributed by atoms with Gasteiger partial charge < -0.3 is 5.32 Å². The fourth-order valence-electron chi connectivity index (χ4n) is 5.35. The first-order chi connectivity index (χ1) is 15.0. The topological polar surface area (TPSA) is 72.2 Å². The van der Waals surface area contributed by atoms with E-state index >= 15 is 0 Å². The van der Waals surface area contributed by atoms with Crippen molar-refractivity contribution in [3.8, 4) is 0 Å². The van der Waals surface area contributed by atoms with E-state index in [1.54, 1.807) is 6.07 Å². The van der Waals surface area contributed by atoms with E-state index in [4.69, 9.17) is 5.14 Å². The summed E-state index contributed by atoms with van der Waals surface area (Å²) in [6, 6.07) is 11.6. The summed E-state index contributed by atoms with van der Waals surface area (Å²) >= 11 is 0. The van der Waals surface area contributed by atoms with Crippen LogP contribution < -0.4 is 10.5 Å². The van der Waals surface area contributed by atoms with Gasteiger partial charge in [-0.2, -0.15) is 13.2 Å². The van der Waals surface area contributed by atoms with Gasteiger partial charge in [0.25, 0.3) is 0 Å². The van der Waals surface area contributed by atoms with Crippen LogP contribution in [0, 0.1) is 5.92 Å². The first-order valence-corrected chi connectivity index (χ1v) is 12.5. The SMILES string of the molecule is CNCC1Cc2ccc(CC3(S(N)(=O)=O)CCC3)cc2C1Cc1cccc(C(F)(F)F)c1. The van der Waals surface area contributed by atoms with Gasteiger partial charge >= 0.3 is 6.18 Å². The summed E-state index contributed by atoms with van der Waals surface area (Å²) in [4.78, 5) is 0. The lowest BCUT2D eigenvalue weighted by Crippen LogP contribution is -2.50. The molecule has 1 saturated carbocycles. The molecule has 8 heteroatoms. The normalized spacial score (nSPS) is 22.4. The summed E-state index contributed by atoms with van der Waals surface area (Å²) in [5, 5.41) is 8.76. The quantitative estimate of drug-likeness (QED) is 0.643. The summed E-state index contributed by atoms with van der Waals surface area (Å²) in [5.41, 5.74) is 3.25. The molecule has 2 aromatic carbocycles. The lowest BCUT2D eigenvalue weighted by Gasteiger charge is -2.39. The van der Waals surface area contributed by atoms with Crippen LogP contribution in [-0.2, 0) is 35.5 Å². The predicted molar refractivity (Wildman–Crippen MR) is 119 cm³/mol. The third kappa shape index (κ3) is 4.45. The molecule has 2 atom stereocenters. The molecule has 174 valence electrons. The van der Waals surface area contributed by atoms with Crippen LogP contribution in [0.2, 0.25) is 0 Å². The Kier molecular flexibility index (Phi) is 6.15. The molecule has 2 aliphatic rings. The van der Waals surface area contributed by atoms with E-state index in [-0.39, 0.29) is 11.8 Å². The monoisotopic (exact) mass is 466 g/mol. The van der Waals surface area contributed by atoms with Crippen molar-refractivity contribution >= 4 is 10.0 Å². The lowest BCUT2D eigenvalue weighted by molar-refractivity contribution is -0.137. The molecule has 0 spiro atoms. The number of hydrogen-bond acceptors (Lipinski definition) is 3. The third-order valence-electron chi connectivity index (χ3n) is 7.23. The third-order valence-corrected chi connectivity index (χ3v) is 8.99. The Morgan fingerprint density at radius 1 is 1.12 bits per heavy atom. The van der Waals surface area contributed by atoms with Gasteiger partial charge in [0.1, 0.15) is 0 Å². The number of hydrogen-bond donors (Lipinski definition) is 2. The molecule has 0 aromatic heterocycles. The average molecular weight is 467 g/mol. The van der Waals surface area contributed by atoms with Crippen molar-refractivity contribution in [2.75, 3.05) is 13.6 Å². The standard InChI is InChI=1S/C24H29F3N2O2S/c1-29-15-19-13-18-7-6-17(14-23(8-3-9-23)32(28,30)31)12-21(18)22(19)11-16-4-2-5-20(10-16)24(25,26)27/h2,4-7,10,12,19,22,29H,3,8-9,11,13-15H2,1H3,(H2,28,30,31). The van der Waals surface area contributed by atoms with Crippen LogP contribution in [0.15, 0.2) is 42.5 Å². The number of nitrogens with one attached hydrogen (secondary N) is 1. The molecule has 2 unspecified atom stereocenters. The summed E-state index contributed by atoms with van der Waals surface area (Å²) < 4.78 is 63.1. The van der Waals surface area contributed by atoms with E-state index in [0.717, 1.165) is 36.6 Å². The van der Waals surface area contributed by atoms with Crippen molar-refractivity contribution < 1.29 is 21.6 Å². The van der Waals surface area contributed by atoms with Crippen LogP contribution in [0.3, 0.4) is 0 Å². The van der Waals surface area contributed by atoms with Crippen LogP contribution in [-0.4, -0.2) is 26.8 Å². The van der Waals surface area contributed by atoms with E-state index in [1.807, 2.05) is 13.1 Å². The van der Waals surface area contributed by atoms with Crippen LogP contribution in [0.25, 0.3) is 0 Å². The van der Waals surface area contributed by atoms with Gasteiger partial charge in [-0.25, -0.2) is 13.6 Å². The van der Waals surface area contributed by atoms with Crippen LogP contribution in [0.4, 0.5) is 13.2 Å². The molecule has 0 radical (unpaired) electrons. The molecular weight excluding hydrogens is 437 g/mol. The number of benzene rings is 2. The van der Waals surface area contributed by atoms with E-state index < -0.39 is 26.5 Å². The highest BCUT2D eigenvalue weighted by molar-refractivity contribution is 7.90. The molecule has 2 aliphatic carbocycles. The summed E-state index contributed by atoms with van der Waals surface area (Å²) in [7, 11) is -1.78. The first-order valence-electron chi connectivity index (χ1n) is 11.0. The van der Waals surface area contributed by atoms with Gasteiger partial charge in [0.05, 0.1) is 10.3 Å². The molecule has 0 heterocycles. The van der Waals surface area contributed by atoms with Gasteiger partial charge in [0, 0.05) is 0 Å². The molecule has 3 N–H and O–H groups in total. The Morgan fingerprint density at radius 2 is 1.88 bits per heavy atom. The number of primary sulfonamides is 1. The minimum atomic E-state index is -4.37. The number of halogens is 3. The Labute approximate surface area is 187 Å². The fraction of sp³-hybridized carbons (Fsp3) is 0.500. The molecule has 32 heavy (non-hydrogen) atoms. The second-order valence-electron chi connectivity index (χ2n) is 9.32. The van der Waals surface area contributed by atoms with Crippen molar-refractivity contribution in [3.05, 3.63) is 70.3 Å². The highest BCUT2D eigenvalue weighted by Crippen LogP contribution is 2.44. The fourth-order valence-corrected chi connectivity index (χ4v) is 6.58. The number of nitrogens with two attached hydrogens (primary N) is 1. The van der Waals surface area contributed by atoms with Gasteiger partial charge in [-0.05, 0) is 85.9 Å². The van der Waals surface area contributed by atoms with Crippen molar-refractivity contribution in [1.29, 1.82) is 0 Å². The maximum atomic E-state index is 13.2. The highest BCUT2D eigenvalue weighted by Gasteiger charge is 2.47. The largest absolute Gasteiger partial charge is 0.416 e. The summed E-state index contributed by atoms with van der Waals surface area (Å²) in [5.74, 6) is 0.323. The van der Waals surface area contributed by atoms with Gasteiger partial charge in [0.15, 0.2) is 0 Å². The van der Waals surface area contributed by atoms with Gasteiger partial charge in [-0.1, -0.05) is 42.8 Å². The predicted octanol–water partition coefficient (Wildman–Crippen LogP) is 4.18. The molecular formula is C24H29F3N2O2S. The summed E-state index contributed by atoms with van der Waals surface area (Å²) in [6.45, 7) is 0.759. The zero-order valence-electron chi connectivity index (χ0n) is 18.1. The molecule has 0 saturated heterocycles. The van der Waals surface area contributed by atoms with E-state index in [9.17, 15) is 21.6 Å². The maximum absolute atomic E-state index is 13.2. The van der Waals surface area contributed by atoms with Crippen LogP contribution in [0.1, 0.15) is 53.0 Å². The molecule has 1 fully saturated rings. The van der Waals surface area contributed by atoms with Crippen molar-refractivity contribution in [3.63, 3.8) is 0 Å². The minimum Gasteiger partial charge on any atom is -0.319 e. The highest BCUT2D eigenvalue weighted by atomic mass is 32.2. The molecule has 2 aromatic rings. The number of alkyl halides is 3. The Bertz CT molecular complexity index is 1090. The second-order valence-corrected chi connectivity index (χ2v) is 11.3. The Balaban J connectivity index is 1.64.